The van der Waals surface area contributed by atoms with Gasteiger partial charge in [0.2, 0.25) is 0 Å². The van der Waals surface area contributed by atoms with Crippen LogP contribution in [0.15, 0.2) is 30.5 Å². The molecule has 1 aromatic heterocycles. The van der Waals surface area contributed by atoms with Crippen molar-refractivity contribution in [1.29, 1.82) is 0 Å². The first-order chi connectivity index (χ1) is 8.93. The maximum Gasteiger partial charge on any atom is 0.0456 e. The maximum absolute atomic E-state index is 3.71. The molecule has 0 bridgehead atoms. The minimum atomic E-state index is 0. The minimum Gasteiger partial charge on any atom is -0.361 e. The first kappa shape index (κ1) is 14.4. The van der Waals surface area contributed by atoms with Crippen molar-refractivity contribution in [3.8, 4) is 0 Å². The Bertz CT molecular complexity index is 500. The van der Waals surface area contributed by atoms with E-state index < -0.39 is 0 Å². The van der Waals surface area contributed by atoms with Crippen LogP contribution in [0.25, 0.3) is 10.9 Å². The van der Waals surface area contributed by atoms with Crippen LogP contribution in [0.5, 0.6) is 0 Å². The topological polar surface area (TPSA) is 27.8 Å². The van der Waals surface area contributed by atoms with Crippen molar-refractivity contribution in [2.75, 3.05) is 6.54 Å². The maximum atomic E-state index is 3.71. The molecule has 3 rings (SSSR count). The van der Waals surface area contributed by atoms with E-state index in [0.29, 0.717) is 0 Å². The molecule has 1 aliphatic carbocycles. The Kier molecular flexibility index (Phi) is 5.29. The van der Waals surface area contributed by atoms with Gasteiger partial charge < -0.3 is 10.3 Å². The molecule has 0 atom stereocenters. The van der Waals surface area contributed by atoms with Crippen molar-refractivity contribution < 1.29 is 0 Å². The summed E-state index contributed by atoms with van der Waals surface area (Å²) in [6, 6.07) is 9.33. The first-order valence-electron chi connectivity index (χ1n) is 7.22. The van der Waals surface area contributed by atoms with Gasteiger partial charge in [0, 0.05) is 23.1 Å². The number of hydrogen-bond acceptors (Lipinski definition) is 1. The van der Waals surface area contributed by atoms with E-state index in [1.54, 1.807) is 0 Å². The van der Waals surface area contributed by atoms with Crippen LogP contribution in [0.2, 0.25) is 0 Å². The predicted octanol–water partition coefficient (Wildman–Crippen LogP) is 4.05. The zero-order chi connectivity index (χ0) is 12.2. The number of nitrogens with one attached hydrogen (secondary N) is 2. The van der Waals surface area contributed by atoms with Crippen molar-refractivity contribution in [2.45, 2.75) is 44.6 Å². The van der Waals surface area contributed by atoms with E-state index in [1.165, 1.54) is 48.6 Å². The van der Waals surface area contributed by atoms with E-state index in [-0.39, 0.29) is 12.4 Å². The lowest BCUT2D eigenvalue weighted by Crippen LogP contribution is -2.32. The first-order valence-corrected chi connectivity index (χ1v) is 7.22. The van der Waals surface area contributed by atoms with Crippen LogP contribution >= 0.6 is 12.4 Å². The van der Waals surface area contributed by atoms with Crippen LogP contribution in [0, 0.1) is 0 Å². The monoisotopic (exact) mass is 278 g/mol. The fourth-order valence-corrected chi connectivity index (χ4v) is 3.06. The van der Waals surface area contributed by atoms with E-state index in [4.69, 9.17) is 0 Å². The van der Waals surface area contributed by atoms with E-state index >= 15 is 0 Å². The van der Waals surface area contributed by atoms with Crippen LogP contribution in [0.3, 0.4) is 0 Å². The number of halogens is 1. The lowest BCUT2D eigenvalue weighted by Gasteiger charge is -2.22. The highest BCUT2D eigenvalue weighted by Crippen LogP contribution is 2.19. The van der Waals surface area contributed by atoms with Gasteiger partial charge in [-0.1, -0.05) is 37.5 Å². The molecule has 2 aromatic rings. The van der Waals surface area contributed by atoms with Gasteiger partial charge in [0.25, 0.3) is 0 Å². The van der Waals surface area contributed by atoms with Gasteiger partial charge in [-0.2, -0.15) is 0 Å². The van der Waals surface area contributed by atoms with Gasteiger partial charge in [-0.15, -0.1) is 12.4 Å². The standard InChI is InChI=1S/C16H22N2.ClH/c1-2-6-14(7-3-1)17-11-10-13-12-18-16-9-5-4-8-15(13)16;/h4-5,8-9,12,14,17-18H,1-3,6-7,10-11H2;1H. The number of para-hydroxylation sites is 1. The Hall–Kier alpha value is -0.990. The molecule has 0 amide bonds. The number of hydrogen-bond donors (Lipinski definition) is 2. The number of aromatic nitrogens is 1. The molecule has 1 aliphatic rings. The Balaban J connectivity index is 0.00000133. The summed E-state index contributed by atoms with van der Waals surface area (Å²) in [5.41, 5.74) is 2.69. The summed E-state index contributed by atoms with van der Waals surface area (Å²) in [7, 11) is 0. The fourth-order valence-electron chi connectivity index (χ4n) is 3.06. The second kappa shape index (κ2) is 6.97. The molecule has 19 heavy (non-hydrogen) atoms. The Morgan fingerprint density at radius 2 is 1.89 bits per heavy atom. The van der Waals surface area contributed by atoms with Gasteiger partial charge in [-0.3, -0.25) is 0 Å². The third kappa shape index (κ3) is 3.52. The molecular weight excluding hydrogens is 256 g/mol. The number of aromatic amines is 1. The van der Waals surface area contributed by atoms with Gasteiger partial charge in [-0.05, 0) is 37.4 Å². The number of H-pyrrole nitrogens is 1. The lowest BCUT2D eigenvalue weighted by atomic mass is 9.95. The quantitative estimate of drug-likeness (QED) is 0.867. The third-order valence-electron chi connectivity index (χ3n) is 4.11. The van der Waals surface area contributed by atoms with Crippen LogP contribution in [-0.2, 0) is 6.42 Å². The van der Waals surface area contributed by atoms with Gasteiger partial charge in [0.15, 0.2) is 0 Å². The number of fused-ring (bicyclic) bond motifs is 1. The second-order valence-electron chi connectivity index (χ2n) is 5.40. The predicted molar refractivity (Wildman–Crippen MR) is 84.1 cm³/mol. The summed E-state index contributed by atoms with van der Waals surface area (Å²) in [4.78, 5) is 3.35. The highest BCUT2D eigenvalue weighted by atomic mass is 35.5. The molecule has 3 heteroatoms. The van der Waals surface area contributed by atoms with Gasteiger partial charge >= 0.3 is 0 Å². The normalized spacial score (nSPS) is 16.4. The molecule has 0 spiro atoms. The van der Waals surface area contributed by atoms with Gasteiger partial charge in [0.05, 0.1) is 0 Å². The largest absolute Gasteiger partial charge is 0.361 e. The fraction of sp³-hybridized carbons (Fsp3) is 0.500. The average Bonchev–Trinajstić information content (AvgIpc) is 2.84. The molecule has 1 saturated carbocycles. The molecule has 0 aliphatic heterocycles. The van der Waals surface area contributed by atoms with Crippen molar-refractivity contribution >= 4 is 23.3 Å². The number of benzene rings is 1. The zero-order valence-electron chi connectivity index (χ0n) is 11.3. The Morgan fingerprint density at radius 3 is 2.74 bits per heavy atom. The van der Waals surface area contributed by atoms with Gasteiger partial charge in [0.1, 0.15) is 0 Å². The van der Waals surface area contributed by atoms with E-state index in [1.807, 2.05) is 0 Å². The van der Waals surface area contributed by atoms with Crippen molar-refractivity contribution in [2.24, 2.45) is 0 Å². The molecule has 0 radical (unpaired) electrons. The summed E-state index contributed by atoms with van der Waals surface area (Å²) in [6.45, 7) is 1.10. The summed E-state index contributed by atoms with van der Waals surface area (Å²) < 4.78 is 0. The van der Waals surface area contributed by atoms with Crippen LogP contribution in [0.4, 0.5) is 0 Å². The molecule has 0 unspecified atom stereocenters. The highest BCUT2D eigenvalue weighted by molar-refractivity contribution is 5.85. The minimum absolute atomic E-state index is 0. The number of rotatable bonds is 4. The molecular formula is C16H23ClN2. The van der Waals surface area contributed by atoms with Crippen LogP contribution in [-0.4, -0.2) is 17.6 Å². The molecule has 2 N–H and O–H groups in total. The summed E-state index contributed by atoms with van der Waals surface area (Å²) in [5, 5.41) is 5.09. The van der Waals surface area contributed by atoms with Crippen molar-refractivity contribution in [3.63, 3.8) is 0 Å². The zero-order valence-corrected chi connectivity index (χ0v) is 12.1. The molecule has 1 aromatic carbocycles. The third-order valence-corrected chi connectivity index (χ3v) is 4.11. The molecule has 1 fully saturated rings. The van der Waals surface area contributed by atoms with E-state index in [2.05, 4.69) is 40.8 Å². The van der Waals surface area contributed by atoms with Crippen molar-refractivity contribution in [1.82, 2.24) is 10.3 Å². The molecule has 0 saturated heterocycles. The highest BCUT2D eigenvalue weighted by Gasteiger charge is 2.12. The average molecular weight is 279 g/mol. The Morgan fingerprint density at radius 1 is 1.11 bits per heavy atom. The summed E-state index contributed by atoms with van der Waals surface area (Å²) in [6.07, 6.45) is 10.3. The van der Waals surface area contributed by atoms with E-state index in [9.17, 15) is 0 Å². The van der Waals surface area contributed by atoms with E-state index in [0.717, 1.165) is 19.0 Å². The second-order valence-corrected chi connectivity index (χ2v) is 5.40. The summed E-state index contributed by atoms with van der Waals surface area (Å²) in [5.74, 6) is 0. The Labute approximate surface area is 121 Å². The molecule has 104 valence electrons. The van der Waals surface area contributed by atoms with Gasteiger partial charge in [-0.25, -0.2) is 0 Å². The summed E-state index contributed by atoms with van der Waals surface area (Å²) >= 11 is 0. The molecule has 2 nitrogen and oxygen atoms in total. The SMILES string of the molecule is Cl.c1ccc2c(CCNC3CCCCC3)c[nH]c2c1. The van der Waals surface area contributed by atoms with Crippen molar-refractivity contribution in [3.05, 3.63) is 36.0 Å². The molecule has 1 heterocycles. The van der Waals surface area contributed by atoms with Crippen LogP contribution < -0.4 is 5.32 Å². The lowest BCUT2D eigenvalue weighted by molar-refractivity contribution is 0.376. The van der Waals surface area contributed by atoms with Crippen LogP contribution in [0.1, 0.15) is 37.7 Å². The smallest absolute Gasteiger partial charge is 0.0456 e.